The first kappa shape index (κ1) is 32.5. The van der Waals surface area contributed by atoms with E-state index in [1.54, 1.807) is 21.6 Å². The monoisotopic (exact) mass is 498 g/mol. The largest absolute Gasteiger partial charge is 0.372 e. The van der Waals surface area contributed by atoms with E-state index < -0.39 is 0 Å². The standard InChI is InChI=1S/C24H50O6S2/c1-7-13-25-21(23(27-15-9-3)28-16-10-4)19-31-32-20-22(26-14-8-2)24(29-17-11-5)30-18-12-6/h21-24H,7-20H2,1-6H3. The molecule has 0 aromatic rings. The van der Waals surface area contributed by atoms with Crippen molar-refractivity contribution >= 4 is 21.6 Å². The Morgan fingerprint density at radius 3 is 0.906 bits per heavy atom. The zero-order valence-electron chi connectivity index (χ0n) is 21.5. The minimum atomic E-state index is -0.324. The van der Waals surface area contributed by atoms with Crippen LogP contribution >= 0.6 is 21.6 Å². The summed E-state index contributed by atoms with van der Waals surface area (Å²) in [5.41, 5.74) is 0. The van der Waals surface area contributed by atoms with Crippen molar-refractivity contribution in [2.45, 2.75) is 105 Å². The molecule has 0 saturated heterocycles. The molecule has 0 radical (unpaired) electrons. The lowest BCUT2D eigenvalue weighted by molar-refractivity contribution is -0.201. The summed E-state index contributed by atoms with van der Waals surface area (Å²) in [6, 6.07) is 0. The lowest BCUT2D eigenvalue weighted by Gasteiger charge is -2.28. The van der Waals surface area contributed by atoms with Gasteiger partial charge in [0.05, 0.1) is 0 Å². The average molecular weight is 499 g/mol. The molecule has 0 aliphatic heterocycles. The molecule has 32 heavy (non-hydrogen) atoms. The van der Waals surface area contributed by atoms with Crippen LogP contribution in [0.2, 0.25) is 0 Å². The van der Waals surface area contributed by atoms with Crippen LogP contribution in [-0.4, -0.2) is 75.9 Å². The Morgan fingerprint density at radius 1 is 0.406 bits per heavy atom. The van der Waals surface area contributed by atoms with Crippen molar-refractivity contribution in [3.63, 3.8) is 0 Å². The Balaban J connectivity index is 4.86. The van der Waals surface area contributed by atoms with Gasteiger partial charge < -0.3 is 28.4 Å². The summed E-state index contributed by atoms with van der Waals surface area (Å²) in [6.45, 7) is 16.8. The fourth-order valence-electron chi connectivity index (χ4n) is 2.64. The molecule has 0 N–H and O–H groups in total. The molecule has 6 nitrogen and oxygen atoms in total. The van der Waals surface area contributed by atoms with Crippen molar-refractivity contribution < 1.29 is 28.4 Å². The van der Waals surface area contributed by atoms with E-state index in [1.165, 1.54) is 0 Å². The first-order chi connectivity index (χ1) is 15.7. The Bertz CT molecular complexity index is 328. The molecule has 0 aromatic carbocycles. The van der Waals surface area contributed by atoms with Gasteiger partial charge in [0.15, 0.2) is 12.6 Å². The van der Waals surface area contributed by atoms with Crippen LogP contribution in [0.15, 0.2) is 0 Å². The Hall–Kier alpha value is 0.460. The van der Waals surface area contributed by atoms with Crippen LogP contribution in [0.25, 0.3) is 0 Å². The van der Waals surface area contributed by atoms with Gasteiger partial charge in [-0.25, -0.2) is 0 Å². The average Bonchev–Trinajstić information content (AvgIpc) is 2.81. The second-order valence-electron chi connectivity index (χ2n) is 7.61. The van der Waals surface area contributed by atoms with Gasteiger partial charge in [-0.2, -0.15) is 0 Å². The van der Waals surface area contributed by atoms with Gasteiger partial charge in [0, 0.05) is 51.1 Å². The van der Waals surface area contributed by atoms with Crippen LogP contribution in [0.5, 0.6) is 0 Å². The third-order valence-corrected chi connectivity index (χ3v) is 6.58. The molecule has 0 aliphatic rings. The van der Waals surface area contributed by atoms with E-state index in [2.05, 4.69) is 41.5 Å². The highest BCUT2D eigenvalue weighted by Gasteiger charge is 2.26. The summed E-state index contributed by atoms with van der Waals surface area (Å²) in [6.07, 6.45) is 4.95. The van der Waals surface area contributed by atoms with E-state index in [0.29, 0.717) is 39.6 Å². The quantitative estimate of drug-likeness (QED) is 0.0824. The van der Waals surface area contributed by atoms with Crippen molar-refractivity contribution in [1.82, 2.24) is 0 Å². The smallest absolute Gasteiger partial charge is 0.184 e. The van der Waals surface area contributed by atoms with Crippen LogP contribution in [-0.2, 0) is 28.4 Å². The van der Waals surface area contributed by atoms with Gasteiger partial charge in [-0.05, 0) is 38.5 Å². The molecule has 0 aliphatic carbocycles. The highest BCUT2D eigenvalue weighted by Crippen LogP contribution is 2.28. The molecule has 0 aromatic heterocycles. The molecule has 194 valence electrons. The molecule has 2 unspecified atom stereocenters. The number of hydrogen-bond acceptors (Lipinski definition) is 8. The van der Waals surface area contributed by atoms with Crippen LogP contribution < -0.4 is 0 Å². The summed E-state index contributed by atoms with van der Waals surface area (Å²) in [7, 11) is 3.55. The SMILES string of the molecule is CCCOC(CSSCC(OCCC)C(OCCC)OCCC)C(OCCC)OCCC. The van der Waals surface area contributed by atoms with Gasteiger partial charge >= 0.3 is 0 Å². The number of ether oxygens (including phenoxy) is 6. The van der Waals surface area contributed by atoms with Gasteiger partial charge in [-0.3, -0.25) is 0 Å². The topological polar surface area (TPSA) is 55.4 Å². The number of rotatable bonds is 25. The van der Waals surface area contributed by atoms with Crippen molar-refractivity contribution in [3.05, 3.63) is 0 Å². The molecule has 0 bridgehead atoms. The second-order valence-corrected chi connectivity index (χ2v) is 10.2. The van der Waals surface area contributed by atoms with E-state index in [4.69, 9.17) is 28.4 Å². The summed E-state index contributed by atoms with van der Waals surface area (Å²) >= 11 is 0. The van der Waals surface area contributed by atoms with Crippen molar-refractivity contribution in [2.24, 2.45) is 0 Å². The van der Waals surface area contributed by atoms with Gasteiger partial charge in [-0.1, -0.05) is 63.1 Å². The maximum absolute atomic E-state index is 6.11. The van der Waals surface area contributed by atoms with E-state index in [0.717, 1.165) is 50.0 Å². The van der Waals surface area contributed by atoms with Gasteiger partial charge in [0.25, 0.3) is 0 Å². The maximum Gasteiger partial charge on any atom is 0.184 e. The van der Waals surface area contributed by atoms with E-state index >= 15 is 0 Å². The summed E-state index contributed by atoms with van der Waals surface area (Å²) in [4.78, 5) is 0. The Kier molecular flexibility index (Phi) is 24.9. The maximum atomic E-state index is 6.11. The fourth-order valence-corrected chi connectivity index (χ4v) is 4.99. The van der Waals surface area contributed by atoms with E-state index in [-0.39, 0.29) is 24.8 Å². The molecule has 0 amide bonds. The third kappa shape index (κ3) is 17.0. The predicted octanol–water partition coefficient (Wildman–Crippen LogP) is 6.32. The molecule has 0 saturated carbocycles. The van der Waals surface area contributed by atoms with Crippen molar-refractivity contribution in [2.75, 3.05) is 51.1 Å². The molecule has 0 fully saturated rings. The summed E-state index contributed by atoms with van der Waals surface area (Å²) in [5, 5.41) is 0. The van der Waals surface area contributed by atoms with Crippen LogP contribution in [0.4, 0.5) is 0 Å². The third-order valence-electron chi connectivity index (χ3n) is 4.17. The van der Waals surface area contributed by atoms with Crippen molar-refractivity contribution in [3.8, 4) is 0 Å². The second kappa shape index (κ2) is 24.6. The first-order valence-corrected chi connectivity index (χ1v) is 15.1. The molecular weight excluding hydrogens is 448 g/mol. The molecule has 8 heteroatoms. The van der Waals surface area contributed by atoms with Crippen LogP contribution in [0.3, 0.4) is 0 Å². The zero-order chi connectivity index (χ0) is 23.9. The van der Waals surface area contributed by atoms with E-state index in [1.807, 2.05) is 0 Å². The predicted molar refractivity (Wildman–Crippen MR) is 138 cm³/mol. The minimum Gasteiger partial charge on any atom is -0.372 e. The number of hydrogen-bond donors (Lipinski definition) is 0. The Labute approximate surface area is 205 Å². The Morgan fingerprint density at radius 2 is 0.656 bits per heavy atom. The normalized spacial score (nSPS) is 13.9. The fraction of sp³-hybridized carbons (Fsp3) is 1.00. The highest BCUT2D eigenvalue weighted by molar-refractivity contribution is 8.76. The highest BCUT2D eigenvalue weighted by atomic mass is 33.1. The summed E-state index contributed by atoms with van der Waals surface area (Å²) < 4.78 is 36.1. The zero-order valence-corrected chi connectivity index (χ0v) is 23.1. The molecule has 2 atom stereocenters. The van der Waals surface area contributed by atoms with Gasteiger partial charge in [-0.15, -0.1) is 0 Å². The lowest BCUT2D eigenvalue weighted by Crippen LogP contribution is -2.37. The molecule has 0 heterocycles. The molecular formula is C24H50O6S2. The van der Waals surface area contributed by atoms with Gasteiger partial charge in [0.1, 0.15) is 12.2 Å². The van der Waals surface area contributed by atoms with Gasteiger partial charge in [0.2, 0.25) is 0 Å². The van der Waals surface area contributed by atoms with Crippen LogP contribution in [0.1, 0.15) is 80.1 Å². The molecule has 0 spiro atoms. The summed E-state index contributed by atoms with van der Waals surface area (Å²) in [5.74, 6) is 1.58. The first-order valence-electron chi connectivity index (χ1n) is 12.6. The van der Waals surface area contributed by atoms with E-state index in [9.17, 15) is 0 Å². The molecule has 0 rings (SSSR count). The minimum absolute atomic E-state index is 0.0935. The van der Waals surface area contributed by atoms with Crippen molar-refractivity contribution in [1.29, 1.82) is 0 Å². The van der Waals surface area contributed by atoms with Crippen LogP contribution in [0, 0.1) is 0 Å². The lowest BCUT2D eigenvalue weighted by atomic mass is 10.3.